The van der Waals surface area contributed by atoms with Gasteiger partial charge in [0, 0.05) is 11.1 Å². The lowest BCUT2D eigenvalue weighted by atomic mass is 10.2. The van der Waals surface area contributed by atoms with Crippen molar-refractivity contribution in [3.8, 4) is 0 Å². The second-order valence-electron chi connectivity index (χ2n) is 6.32. The fourth-order valence-electron chi connectivity index (χ4n) is 2.59. The fourth-order valence-corrected chi connectivity index (χ4v) is 4.71. The van der Waals surface area contributed by atoms with Crippen LogP contribution in [0.1, 0.15) is 23.6 Å². The zero-order chi connectivity index (χ0) is 21.0. The molecule has 3 aromatic carbocycles. The van der Waals surface area contributed by atoms with E-state index in [0.717, 1.165) is 0 Å². The lowest BCUT2D eigenvalue weighted by Crippen LogP contribution is -2.11. The largest absolute Gasteiger partial charge is 0.726 e. The van der Waals surface area contributed by atoms with E-state index >= 15 is 0 Å². The zero-order valence-corrected chi connectivity index (χ0v) is 18.1. The van der Waals surface area contributed by atoms with Gasteiger partial charge in [-0.15, -0.1) is 0 Å². The Bertz CT molecular complexity index is 873. The van der Waals surface area contributed by atoms with Gasteiger partial charge in [0.2, 0.25) is 10.4 Å². The Hall–Kier alpha value is -2.12. The van der Waals surface area contributed by atoms with E-state index in [-0.39, 0.29) is 6.61 Å². The van der Waals surface area contributed by atoms with Crippen LogP contribution in [0.15, 0.2) is 91.0 Å². The van der Waals surface area contributed by atoms with Gasteiger partial charge in [-0.2, -0.15) is 0 Å². The van der Waals surface area contributed by atoms with Gasteiger partial charge in [-0.1, -0.05) is 91.0 Å². The van der Waals surface area contributed by atoms with Gasteiger partial charge in [-0.25, -0.2) is 8.42 Å². The Morgan fingerprint density at radius 1 is 0.724 bits per heavy atom. The minimum Gasteiger partial charge on any atom is -0.726 e. The van der Waals surface area contributed by atoms with Crippen molar-refractivity contribution in [1.29, 1.82) is 0 Å². The van der Waals surface area contributed by atoms with Crippen LogP contribution in [0, 0.1) is 0 Å². The van der Waals surface area contributed by atoms with Gasteiger partial charge in [0.1, 0.15) is 17.3 Å². The first-order valence-electron chi connectivity index (χ1n) is 9.32. The number of hydrogen-bond acceptors (Lipinski definition) is 4. The third kappa shape index (κ3) is 10.3. The first-order chi connectivity index (χ1) is 14.0. The molecule has 3 rings (SSSR count). The third-order valence-electron chi connectivity index (χ3n) is 4.05. The van der Waals surface area contributed by atoms with Crippen molar-refractivity contribution in [3.05, 3.63) is 108 Å². The van der Waals surface area contributed by atoms with E-state index < -0.39 is 10.4 Å². The first kappa shape index (κ1) is 23.2. The number of hydrogen-bond donors (Lipinski definition) is 0. The molecule has 6 heteroatoms. The topological polar surface area (TPSA) is 66.4 Å². The molecule has 0 amide bonds. The minimum atomic E-state index is -4.57. The van der Waals surface area contributed by atoms with Crippen LogP contribution in [-0.4, -0.2) is 18.7 Å². The summed E-state index contributed by atoms with van der Waals surface area (Å²) in [7, 11) is -4.11. The first-order valence-corrected chi connectivity index (χ1v) is 12.4. The van der Waals surface area contributed by atoms with Gasteiger partial charge in [0.05, 0.1) is 6.61 Å². The maximum absolute atomic E-state index is 10.0. The van der Waals surface area contributed by atoms with Crippen molar-refractivity contribution in [3.63, 3.8) is 0 Å². The average Bonchev–Trinajstić information content (AvgIpc) is 2.74. The molecular formula is C23H26O4S2. The van der Waals surface area contributed by atoms with Crippen molar-refractivity contribution < 1.29 is 17.2 Å². The molecule has 0 fully saturated rings. The van der Waals surface area contributed by atoms with Gasteiger partial charge >= 0.3 is 0 Å². The summed E-state index contributed by atoms with van der Waals surface area (Å²) in [5.74, 6) is 3.70. The molecule has 0 aromatic heterocycles. The Morgan fingerprint density at radius 2 is 1.10 bits per heavy atom. The van der Waals surface area contributed by atoms with Crippen molar-refractivity contribution in [1.82, 2.24) is 0 Å². The normalized spacial score (nSPS) is 11.0. The van der Waals surface area contributed by atoms with Crippen LogP contribution in [0.2, 0.25) is 0 Å². The molecule has 0 saturated carbocycles. The predicted molar refractivity (Wildman–Crippen MR) is 119 cm³/mol. The molecule has 0 N–H and O–H groups in total. The molecule has 0 aliphatic carbocycles. The molecule has 4 nitrogen and oxygen atoms in total. The van der Waals surface area contributed by atoms with Crippen LogP contribution in [-0.2, 0) is 43.6 Å². The molecular weight excluding hydrogens is 404 g/mol. The zero-order valence-electron chi connectivity index (χ0n) is 16.4. The van der Waals surface area contributed by atoms with Crippen LogP contribution in [0.25, 0.3) is 0 Å². The van der Waals surface area contributed by atoms with E-state index in [0.29, 0.717) is 16.5 Å². The lowest BCUT2D eigenvalue weighted by Gasteiger charge is -2.07. The average molecular weight is 431 g/mol. The van der Waals surface area contributed by atoms with Crippen LogP contribution in [0.4, 0.5) is 0 Å². The predicted octanol–water partition coefficient (Wildman–Crippen LogP) is 4.69. The van der Waals surface area contributed by atoms with Gasteiger partial charge in [-0.3, -0.25) is 4.18 Å². The van der Waals surface area contributed by atoms with E-state index in [4.69, 9.17) is 0 Å². The van der Waals surface area contributed by atoms with Crippen molar-refractivity contribution >= 4 is 21.3 Å². The second-order valence-corrected chi connectivity index (χ2v) is 9.75. The quantitative estimate of drug-likeness (QED) is 0.295. The molecule has 29 heavy (non-hydrogen) atoms. The SMILES string of the molecule is CC[S+](Cc1ccccc1)Cc1ccccc1.O=S(=O)([O-])OCc1ccccc1. The van der Waals surface area contributed by atoms with Crippen LogP contribution < -0.4 is 0 Å². The summed E-state index contributed by atoms with van der Waals surface area (Å²) in [6, 6.07) is 30.3. The second kappa shape index (κ2) is 12.4. The highest BCUT2D eigenvalue weighted by atomic mass is 32.3. The summed E-state index contributed by atoms with van der Waals surface area (Å²) >= 11 is 0. The molecule has 3 aromatic rings. The van der Waals surface area contributed by atoms with Gasteiger partial charge in [0.15, 0.2) is 0 Å². The Labute approximate surface area is 176 Å². The van der Waals surface area contributed by atoms with Gasteiger partial charge in [0.25, 0.3) is 0 Å². The van der Waals surface area contributed by atoms with Crippen molar-refractivity contribution in [2.75, 3.05) is 5.75 Å². The number of rotatable bonds is 8. The smallest absolute Gasteiger partial charge is 0.217 e. The molecule has 0 saturated heterocycles. The summed E-state index contributed by atoms with van der Waals surface area (Å²) in [5, 5.41) is 0. The van der Waals surface area contributed by atoms with E-state index in [2.05, 4.69) is 71.8 Å². The van der Waals surface area contributed by atoms with Crippen LogP contribution in [0.3, 0.4) is 0 Å². The molecule has 0 bridgehead atoms. The highest BCUT2D eigenvalue weighted by molar-refractivity contribution is 7.95. The molecule has 0 heterocycles. The van der Waals surface area contributed by atoms with Gasteiger partial charge < -0.3 is 4.55 Å². The maximum atomic E-state index is 10.0. The van der Waals surface area contributed by atoms with E-state index in [1.807, 2.05) is 0 Å². The standard InChI is InChI=1S/C16H19S.C7H8O4S/c1-2-17(13-15-9-5-3-6-10-15)14-16-11-7-4-8-12-16;8-12(9,10)11-6-7-4-2-1-3-5-7/h3-12H,2,13-14H2,1H3;1-5H,6H2,(H,8,9,10)/q+1;/p-1. The Morgan fingerprint density at radius 3 is 1.45 bits per heavy atom. The molecule has 0 aliphatic rings. The minimum absolute atomic E-state index is 0.202. The summed E-state index contributed by atoms with van der Waals surface area (Å²) < 4.78 is 34.1. The Kier molecular flexibility index (Phi) is 9.94. The van der Waals surface area contributed by atoms with Crippen molar-refractivity contribution in [2.45, 2.75) is 25.0 Å². The lowest BCUT2D eigenvalue weighted by molar-refractivity contribution is 0.253. The van der Waals surface area contributed by atoms with Crippen LogP contribution >= 0.6 is 0 Å². The summed E-state index contributed by atoms with van der Waals surface area (Å²) in [5.41, 5.74) is 3.58. The maximum Gasteiger partial charge on any atom is 0.217 e. The summed E-state index contributed by atoms with van der Waals surface area (Å²) in [6.07, 6.45) is 0. The summed E-state index contributed by atoms with van der Waals surface area (Å²) in [6.45, 7) is 2.10. The monoisotopic (exact) mass is 430 g/mol. The highest BCUT2D eigenvalue weighted by Crippen LogP contribution is 2.14. The highest BCUT2D eigenvalue weighted by Gasteiger charge is 2.16. The molecule has 0 radical (unpaired) electrons. The molecule has 0 aliphatic heterocycles. The summed E-state index contributed by atoms with van der Waals surface area (Å²) in [4.78, 5) is 0. The molecule has 154 valence electrons. The fraction of sp³-hybridized carbons (Fsp3) is 0.217. The molecule has 0 spiro atoms. The van der Waals surface area contributed by atoms with Crippen LogP contribution in [0.5, 0.6) is 0 Å². The Balaban J connectivity index is 0.000000221. The third-order valence-corrected chi connectivity index (χ3v) is 6.75. The van der Waals surface area contributed by atoms with E-state index in [1.165, 1.54) is 28.4 Å². The van der Waals surface area contributed by atoms with Crippen molar-refractivity contribution in [2.24, 2.45) is 0 Å². The van der Waals surface area contributed by atoms with E-state index in [9.17, 15) is 13.0 Å². The molecule has 0 unspecified atom stereocenters. The van der Waals surface area contributed by atoms with E-state index in [1.54, 1.807) is 30.3 Å². The number of benzene rings is 3. The molecule has 0 atom stereocenters. The van der Waals surface area contributed by atoms with Gasteiger partial charge in [-0.05, 0) is 23.4 Å².